The second-order valence-corrected chi connectivity index (χ2v) is 5.35. The second-order valence-electron chi connectivity index (χ2n) is 3.80. The first kappa shape index (κ1) is 11.1. The van der Waals surface area contributed by atoms with E-state index >= 15 is 0 Å². The summed E-state index contributed by atoms with van der Waals surface area (Å²) in [7, 11) is -0.860. The molecule has 1 amide bonds. The van der Waals surface area contributed by atoms with Crippen LogP contribution in [0.1, 0.15) is 6.42 Å². The summed E-state index contributed by atoms with van der Waals surface area (Å²) in [6.45, 7) is 0. The summed E-state index contributed by atoms with van der Waals surface area (Å²) >= 11 is 0. The fraction of sp³-hybridized carbons (Fsp3) is 0.364. The molecular formula is C11H14N2O2S. The molecule has 2 rings (SSSR count). The third-order valence-electron chi connectivity index (χ3n) is 2.53. The number of fused-ring (bicyclic) bond motifs is 1. The summed E-state index contributed by atoms with van der Waals surface area (Å²) in [5, 5.41) is 5.99. The third kappa shape index (κ3) is 2.41. The molecule has 0 bridgehead atoms. The number of hydrogen-bond acceptors (Lipinski definition) is 3. The van der Waals surface area contributed by atoms with Crippen LogP contribution in [-0.4, -0.2) is 28.2 Å². The van der Waals surface area contributed by atoms with Gasteiger partial charge in [0.05, 0.1) is 11.4 Å². The van der Waals surface area contributed by atoms with Crippen molar-refractivity contribution in [3.05, 3.63) is 24.3 Å². The molecule has 2 N–H and O–H groups in total. The number of para-hydroxylation sites is 2. The van der Waals surface area contributed by atoms with Gasteiger partial charge in [-0.15, -0.1) is 0 Å². The van der Waals surface area contributed by atoms with Crippen LogP contribution in [0.2, 0.25) is 0 Å². The quantitative estimate of drug-likeness (QED) is 0.831. The molecule has 4 nitrogen and oxygen atoms in total. The second kappa shape index (κ2) is 4.65. The van der Waals surface area contributed by atoms with Gasteiger partial charge in [-0.05, 0) is 18.6 Å². The molecule has 1 aromatic carbocycles. The minimum absolute atomic E-state index is 0.0517. The van der Waals surface area contributed by atoms with E-state index in [-0.39, 0.29) is 11.9 Å². The van der Waals surface area contributed by atoms with Gasteiger partial charge in [-0.3, -0.25) is 9.00 Å². The molecule has 86 valence electrons. The lowest BCUT2D eigenvalue weighted by atomic mass is 10.1. The van der Waals surface area contributed by atoms with E-state index in [1.807, 2.05) is 24.3 Å². The Morgan fingerprint density at radius 1 is 1.31 bits per heavy atom. The normalized spacial score (nSPS) is 20.6. The molecule has 1 aliphatic heterocycles. The molecule has 2 atom stereocenters. The van der Waals surface area contributed by atoms with Crippen molar-refractivity contribution in [2.24, 2.45) is 0 Å². The number of rotatable bonds is 3. The maximum atomic E-state index is 11.7. The van der Waals surface area contributed by atoms with Gasteiger partial charge >= 0.3 is 0 Å². The Labute approximate surface area is 96.9 Å². The average molecular weight is 238 g/mol. The molecule has 16 heavy (non-hydrogen) atoms. The van der Waals surface area contributed by atoms with Gasteiger partial charge in [0, 0.05) is 22.8 Å². The van der Waals surface area contributed by atoms with Gasteiger partial charge in [-0.2, -0.15) is 0 Å². The van der Waals surface area contributed by atoms with Crippen molar-refractivity contribution in [3.63, 3.8) is 0 Å². The predicted octanol–water partition coefficient (Wildman–Crippen LogP) is 1.19. The first-order chi connectivity index (χ1) is 7.66. The fourth-order valence-corrected chi connectivity index (χ4v) is 2.25. The lowest BCUT2D eigenvalue weighted by molar-refractivity contribution is -0.117. The molecule has 0 spiro atoms. The molecule has 1 aromatic rings. The van der Waals surface area contributed by atoms with Crippen LogP contribution >= 0.6 is 0 Å². The molecule has 0 saturated carbocycles. The Balaban J connectivity index is 2.09. The summed E-state index contributed by atoms with van der Waals surface area (Å²) in [5.74, 6) is 0.483. The van der Waals surface area contributed by atoms with E-state index in [1.54, 1.807) is 6.26 Å². The van der Waals surface area contributed by atoms with Crippen molar-refractivity contribution < 1.29 is 9.00 Å². The van der Waals surface area contributed by atoms with Gasteiger partial charge in [0.25, 0.3) is 0 Å². The summed E-state index contributed by atoms with van der Waals surface area (Å²) in [6.07, 6.45) is 2.23. The lowest BCUT2D eigenvalue weighted by Crippen LogP contribution is -2.39. The summed E-state index contributed by atoms with van der Waals surface area (Å²) < 4.78 is 11.0. The van der Waals surface area contributed by atoms with Gasteiger partial charge in [-0.1, -0.05) is 12.1 Å². The van der Waals surface area contributed by atoms with Gasteiger partial charge < -0.3 is 10.6 Å². The van der Waals surface area contributed by atoms with E-state index < -0.39 is 10.8 Å². The van der Waals surface area contributed by atoms with Gasteiger partial charge in [-0.25, -0.2) is 0 Å². The van der Waals surface area contributed by atoms with Crippen LogP contribution in [0.25, 0.3) is 0 Å². The van der Waals surface area contributed by atoms with Crippen molar-refractivity contribution in [1.29, 1.82) is 0 Å². The standard InChI is InChI=1S/C11H14N2O2S/c1-16(15)7-6-10-11(14)13-9-5-3-2-4-8(9)12-10/h2-5,10,12H,6-7H2,1H3,(H,13,14). The number of carbonyl (C=O) groups excluding carboxylic acids is 1. The highest BCUT2D eigenvalue weighted by atomic mass is 32.2. The van der Waals surface area contributed by atoms with Gasteiger partial charge in [0.2, 0.25) is 5.91 Å². The number of carbonyl (C=O) groups is 1. The van der Waals surface area contributed by atoms with Crippen LogP contribution in [0.15, 0.2) is 24.3 Å². The molecule has 0 saturated heterocycles. The maximum Gasteiger partial charge on any atom is 0.246 e. The molecular weight excluding hydrogens is 224 g/mol. The molecule has 2 unspecified atom stereocenters. The largest absolute Gasteiger partial charge is 0.372 e. The third-order valence-corrected chi connectivity index (χ3v) is 3.34. The lowest BCUT2D eigenvalue weighted by Gasteiger charge is -2.26. The SMILES string of the molecule is CS(=O)CCC1Nc2ccccc2NC1=O. The zero-order chi connectivity index (χ0) is 11.5. The molecule has 5 heteroatoms. The Morgan fingerprint density at radius 2 is 2.00 bits per heavy atom. The first-order valence-corrected chi connectivity index (χ1v) is 6.86. The highest BCUT2D eigenvalue weighted by Gasteiger charge is 2.24. The van der Waals surface area contributed by atoms with Crippen LogP contribution in [0, 0.1) is 0 Å². The Morgan fingerprint density at radius 3 is 2.69 bits per heavy atom. The highest BCUT2D eigenvalue weighted by Crippen LogP contribution is 2.26. The topological polar surface area (TPSA) is 58.2 Å². The number of benzene rings is 1. The van der Waals surface area contributed by atoms with Crippen LogP contribution < -0.4 is 10.6 Å². The fourth-order valence-electron chi connectivity index (χ4n) is 1.68. The minimum Gasteiger partial charge on any atom is -0.372 e. The van der Waals surface area contributed by atoms with Crippen molar-refractivity contribution in [1.82, 2.24) is 0 Å². The van der Waals surface area contributed by atoms with Crippen LogP contribution in [-0.2, 0) is 15.6 Å². The van der Waals surface area contributed by atoms with E-state index in [0.29, 0.717) is 12.2 Å². The van der Waals surface area contributed by atoms with E-state index in [4.69, 9.17) is 0 Å². The Hall–Kier alpha value is -1.36. The highest BCUT2D eigenvalue weighted by molar-refractivity contribution is 7.84. The molecule has 0 radical (unpaired) electrons. The van der Waals surface area contributed by atoms with Crippen LogP contribution in [0.5, 0.6) is 0 Å². The van der Waals surface area contributed by atoms with E-state index in [2.05, 4.69) is 10.6 Å². The number of amides is 1. The number of hydrogen-bond donors (Lipinski definition) is 2. The number of nitrogens with one attached hydrogen (secondary N) is 2. The summed E-state index contributed by atoms with van der Waals surface area (Å²) in [6, 6.07) is 7.29. The monoisotopic (exact) mass is 238 g/mol. The van der Waals surface area contributed by atoms with Crippen LogP contribution in [0.3, 0.4) is 0 Å². The maximum absolute atomic E-state index is 11.7. The zero-order valence-electron chi connectivity index (χ0n) is 9.03. The molecule has 1 heterocycles. The van der Waals surface area contributed by atoms with Crippen molar-refractivity contribution in [2.75, 3.05) is 22.6 Å². The predicted molar refractivity (Wildman–Crippen MR) is 66.0 cm³/mol. The number of anilines is 2. The minimum atomic E-state index is -0.860. The molecule has 0 aliphatic carbocycles. The Bertz CT molecular complexity index is 434. The Kier molecular flexibility index (Phi) is 3.24. The smallest absolute Gasteiger partial charge is 0.246 e. The molecule has 0 aromatic heterocycles. The summed E-state index contributed by atoms with van der Waals surface area (Å²) in [4.78, 5) is 11.7. The van der Waals surface area contributed by atoms with E-state index in [0.717, 1.165) is 11.4 Å². The van der Waals surface area contributed by atoms with Crippen molar-refractivity contribution in [3.8, 4) is 0 Å². The van der Waals surface area contributed by atoms with Crippen molar-refractivity contribution in [2.45, 2.75) is 12.5 Å². The van der Waals surface area contributed by atoms with Gasteiger partial charge in [0.15, 0.2) is 0 Å². The van der Waals surface area contributed by atoms with E-state index in [1.165, 1.54) is 0 Å². The zero-order valence-corrected chi connectivity index (χ0v) is 9.84. The van der Waals surface area contributed by atoms with Gasteiger partial charge in [0.1, 0.15) is 6.04 Å². The molecule has 1 aliphatic rings. The average Bonchev–Trinajstić information content (AvgIpc) is 2.26. The first-order valence-electron chi connectivity index (χ1n) is 5.13. The van der Waals surface area contributed by atoms with E-state index in [9.17, 15) is 9.00 Å². The van der Waals surface area contributed by atoms with Crippen LogP contribution in [0.4, 0.5) is 11.4 Å². The molecule has 0 fully saturated rings. The van der Waals surface area contributed by atoms with Crippen molar-refractivity contribution >= 4 is 28.1 Å². The summed E-state index contributed by atoms with van der Waals surface area (Å²) in [5.41, 5.74) is 1.73.